The van der Waals surface area contributed by atoms with Crippen molar-refractivity contribution in [3.05, 3.63) is 0 Å². The van der Waals surface area contributed by atoms with Gasteiger partial charge < -0.3 is 14.7 Å². The van der Waals surface area contributed by atoms with Gasteiger partial charge in [-0.25, -0.2) is 0 Å². The SMILES string of the molecule is CN(CC(C)(C)CBr)CC1(O)CCOCC1. The molecule has 0 aliphatic carbocycles. The molecule has 1 saturated heterocycles. The maximum atomic E-state index is 10.4. The van der Waals surface area contributed by atoms with Crippen molar-refractivity contribution < 1.29 is 9.84 Å². The molecule has 0 saturated carbocycles. The molecule has 1 aliphatic rings. The number of alkyl halides is 1. The topological polar surface area (TPSA) is 32.7 Å². The van der Waals surface area contributed by atoms with Crippen LogP contribution in [-0.2, 0) is 4.74 Å². The lowest BCUT2D eigenvalue weighted by Gasteiger charge is -2.37. The number of halogens is 1. The van der Waals surface area contributed by atoms with Gasteiger partial charge in [-0.2, -0.15) is 0 Å². The number of ether oxygens (including phenoxy) is 1. The van der Waals surface area contributed by atoms with Crippen molar-refractivity contribution in [2.75, 3.05) is 38.7 Å². The zero-order valence-corrected chi connectivity index (χ0v) is 12.2. The van der Waals surface area contributed by atoms with Crippen molar-refractivity contribution in [3.63, 3.8) is 0 Å². The summed E-state index contributed by atoms with van der Waals surface area (Å²) < 4.78 is 5.28. The van der Waals surface area contributed by atoms with Gasteiger partial charge in [-0.15, -0.1) is 0 Å². The van der Waals surface area contributed by atoms with Gasteiger partial charge in [-0.3, -0.25) is 0 Å². The van der Waals surface area contributed by atoms with Crippen LogP contribution in [0.15, 0.2) is 0 Å². The van der Waals surface area contributed by atoms with E-state index in [2.05, 4.69) is 41.7 Å². The molecule has 1 aliphatic heterocycles. The Kier molecular flexibility index (Phi) is 5.23. The summed E-state index contributed by atoms with van der Waals surface area (Å²) in [5, 5.41) is 11.4. The second-order valence-electron chi connectivity index (χ2n) is 5.81. The fraction of sp³-hybridized carbons (Fsp3) is 1.00. The van der Waals surface area contributed by atoms with E-state index in [0.717, 1.165) is 31.3 Å². The molecule has 4 heteroatoms. The second kappa shape index (κ2) is 5.80. The average Bonchev–Trinajstić information content (AvgIpc) is 2.17. The first kappa shape index (κ1) is 14.4. The van der Waals surface area contributed by atoms with Gasteiger partial charge in [0.25, 0.3) is 0 Å². The predicted molar refractivity (Wildman–Crippen MR) is 70.1 cm³/mol. The lowest BCUT2D eigenvalue weighted by Crippen LogP contribution is -2.47. The smallest absolute Gasteiger partial charge is 0.0817 e. The Balaban J connectivity index is 2.40. The van der Waals surface area contributed by atoms with Gasteiger partial charge >= 0.3 is 0 Å². The highest BCUT2D eigenvalue weighted by molar-refractivity contribution is 9.09. The second-order valence-corrected chi connectivity index (χ2v) is 6.37. The van der Waals surface area contributed by atoms with Crippen LogP contribution in [0.4, 0.5) is 0 Å². The lowest BCUT2D eigenvalue weighted by molar-refractivity contribution is -0.0791. The number of aliphatic hydroxyl groups is 1. The largest absolute Gasteiger partial charge is 0.388 e. The molecule has 0 atom stereocenters. The quantitative estimate of drug-likeness (QED) is 0.786. The lowest BCUT2D eigenvalue weighted by atomic mass is 9.91. The Morgan fingerprint density at radius 3 is 2.44 bits per heavy atom. The zero-order valence-electron chi connectivity index (χ0n) is 10.6. The Labute approximate surface area is 107 Å². The minimum Gasteiger partial charge on any atom is -0.388 e. The van der Waals surface area contributed by atoms with Crippen LogP contribution < -0.4 is 0 Å². The summed E-state index contributed by atoms with van der Waals surface area (Å²) in [7, 11) is 2.08. The minimum absolute atomic E-state index is 0.246. The van der Waals surface area contributed by atoms with Crippen molar-refractivity contribution in [1.29, 1.82) is 0 Å². The molecule has 0 aromatic heterocycles. The predicted octanol–water partition coefficient (Wildman–Crippen LogP) is 1.88. The monoisotopic (exact) mass is 293 g/mol. The molecule has 0 aromatic rings. The summed E-state index contributed by atoms with van der Waals surface area (Å²) in [5.41, 5.74) is -0.300. The Morgan fingerprint density at radius 2 is 1.94 bits per heavy atom. The molecule has 1 N–H and O–H groups in total. The molecule has 16 heavy (non-hydrogen) atoms. The fourth-order valence-electron chi connectivity index (χ4n) is 2.24. The summed E-state index contributed by atoms with van der Waals surface area (Å²) in [5.74, 6) is 0. The summed E-state index contributed by atoms with van der Waals surface area (Å²) >= 11 is 3.53. The van der Waals surface area contributed by atoms with E-state index in [4.69, 9.17) is 4.74 Å². The van der Waals surface area contributed by atoms with E-state index in [1.165, 1.54) is 0 Å². The van der Waals surface area contributed by atoms with Crippen LogP contribution in [0.2, 0.25) is 0 Å². The normalized spacial score (nSPS) is 21.4. The molecule has 96 valence electrons. The molecule has 3 nitrogen and oxygen atoms in total. The number of likely N-dealkylation sites (N-methyl/N-ethyl adjacent to an activating group) is 1. The van der Waals surface area contributed by atoms with Gasteiger partial charge in [-0.05, 0) is 12.5 Å². The molecule has 1 fully saturated rings. The third kappa shape index (κ3) is 4.70. The van der Waals surface area contributed by atoms with Crippen LogP contribution in [0.3, 0.4) is 0 Å². The number of hydrogen-bond acceptors (Lipinski definition) is 3. The van der Waals surface area contributed by atoms with E-state index >= 15 is 0 Å². The highest BCUT2D eigenvalue weighted by atomic mass is 79.9. The Morgan fingerprint density at radius 1 is 1.38 bits per heavy atom. The fourth-order valence-corrected chi connectivity index (χ4v) is 2.42. The first-order valence-corrected chi connectivity index (χ1v) is 7.04. The first-order chi connectivity index (χ1) is 7.37. The van der Waals surface area contributed by atoms with Crippen LogP contribution in [-0.4, -0.2) is 54.3 Å². The molecule has 0 radical (unpaired) electrons. The van der Waals surface area contributed by atoms with E-state index < -0.39 is 5.60 Å². The minimum atomic E-state index is -0.546. The molecule has 1 rings (SSSR count). The standard InChI is InChI=1S/C12H24BrNO2/c1-11(2,8-13)9-14(3)10-12(15)4-6-16-7-5-12/h15H,4-10H2,1-3H3. The van der Waals surface area contributed by atoms with E-state index in [1.807, 2.05) is 0 Å². The van der Waals surface area contributed by atoms with Crippen molar-refractivity contribution >= 4 is 15.9 Å². The van der Waals surface area contributed by atoms with Gasteiger partial charge in [0.05, 0.1) is 5.60 Å². The van der Waals surface area contributed by atoms with Crippen LogP contribution in [0, 0.1) is 5.41 Å². The molecule has 1 heterocycles. The third-order valence-corrected chi connectivity index (χ3v) is 4.57. The van der Waals surface area contributed by atoms with Gasteiger partial charge in [0, 0.05) is 44.5 Å². The number of hydrogen-bond donors (Lipinski definition) is 1. The number of rotatable bonds is 5. The van der Waals surface area contributed by atoms with Crippen LogP contribution >= 0.6 is 15.9 Å². The van der Waals surface area contributed by atoms with Crippen molar-refractivity contribution in [1.82, 2.24) is 4.90 Å². The molecule has 0 spiro atoms. The van der Waals surface area contributed by atoms with Crippen molar-refractivity contribution in [2.24, 2.45) is 5.41 Å². The van der Waals surface area contributed by atoms with Gasteiger partial charge in [0.15, 0.2) is 0 Å². The van der Waals surface area contributed by atoms with Crippen LogP contribution in [0.5, 0.6) is 0 Å². The van der Waals surface area contributed by atoms with E-state index in [1.54, 1.807) is 0 Å². The Bertz CT molecular complexity index is 215. The molecule has 0 bridgehead atoms. The zero-order chi connectivity index (χ0) is 12.2. The van der Waals surface area contributed by atoms with Crippen LogP contribution in [0.25, 0.3) is 0 Å². The summed E-state index contributed by atoms with van der Waals surface area (Å²) in [6.07, 6.45) is 1.51. The van der Waals surface area contributed by atoms with Crippen LogP contribution in [0.1, 0.15) is 26.7 Å². The molecule has 0 unspecified atom stereocenters. The summed E-state index contributed by atoms with van der Waals surface area (Å²) in [4.78, 5) is 2.23. The van der Waals surface area contributed by atoms with E-state index in [9.17, 15) is 5.11 Å². The third-order valence-electron chi connectivity index (χ3n) is 3.05. The highest BCUT2D eigenvalue weighted by Crippen LogP contribution is 2.24. The van der Waals surface area contributed by atoms with Crippen molar-refractivity contribution in [3.8, 4) is 0 Å². The van der Waals surface area contributed by atoms with Gasteiger partial charge in [0.2, 0.25) is 0 Å². The molecular formula is C12H24BrNO2. The molecule has 0 amide bonds. The summed E-state index contributed by atoms with van der Waals surface area (Å²) in [6, 6.07) is 0. The maximum absolute atomic E-state index is 10.4. The Hall–Kier alpha value is 0.360. The maximum Gasteiger partial charge on any atom is 0.0817 e. The molecule has 0 aromatic carbocycles. The summed E-state index contributed by atoms with van der Waals surface area (Å²) in [6.45, 7) is 7.56. The van der Waals surface area contributed by atoms with E-state index in [-0.39, 0.29) is 5.41 Å². The van der Waals surface area contributed by atoms with Gasteiger partial charge in [-0.1, -0.05) is 29.8 Å². The highest BCUT2D eigenvalue weighted by Gasteiger charge is 2.32. The van der Waals surface area contributed by atoms with E-state index in [0.29, 0.717) is 13.2 Å². The average molecular weight is 294 g/mol. The van der Waals surface area contributed by atoms with Gasteiger partial charge in [0.1, 0.15) is 0 Å². The van der Waals surface area contributed by atoms with Crippen molar-refractivity contribution in [2.45, 2.75) is 32.3 Å². The molecular weight excluding hydrogens is 270 g/mol. The number of nitrogens with zero attached hydrogens (tertiary/aromatic N) is 1. The first-order valence-electron chi connectivity index (χ1n) is 5.92.